The molecular formula is C12H17N5O. The molecule has 96 valence electrons. The first-order valence-corrected chi connectivity index (χ1v) is 5.93. The number of nitrogens with one attached hydrogen (secondary N) is 1. The molecule has 0 atom stereocenters. The molecule has 0 aromatic carbocycles. The molecule has 2 aromatic heterocycles. The van der Waals surface area contributed by atoms with E-state index in [0.29, 0.717) is 5.88 Å². The molecule has 0 fully saturated rings. The zero-order chi connectivity index (χ0) is 12.6. The smallest absolute Gasteiger partial charge is 0.213 e. The van der Waals surface area contributed by atoms with Crippen molar-refractivity contribution >= 4 is 0 Å². The third-order valence-corrected chi connectivity index (χ3v) is 2.51. The molecule has 0 radical (unpaired) electrons. The molecular weight excluding hydrogens is 230 g/mol. The summed E-state index contributed by atoms with van der Waals surface area (Å²) in [7, 11) is 1.62. The molecule has 0 unspecified atom stereocenters. The van der Waals surface area contributed by atoms with Crippen molar-refractivity contribution in [3.05, 3.63) is 36.3 Å². The molecule has 6 heteroatoms. The molecule has 2 aromatic rings. The second-order valence-corrected chi connectivity index (χ2v) is 3.87. The Balaban J connectivity index is 1.65. The first-order chi connectivity index (χ1) is 8.88. The van der Waals surface area contributed by atoms with E-state index in [-0.39, 0.29) is 0 Å². The van der Waals surface area contributed by atoms with E-state index >= 15 is 0 Å². The molecule has 0 amide bonds. The van der Waals surface area contributed by atoms with Gasteiger partial charge in [0, 0.05) is 25.4 Å². The number of nitrogens with zero attached hydrogens (tertiary/aromatic N) is 4. The van der Waals surface area contributed by atoms with Gasteiger partial charge in [-0.05, 0) is 19.0 Å². The van der Waals surface area contributed by atoms with Gasteiger partial charge in [-0.1, -0.05) is 11.3 Å². The number of aromatic nitrogens is 4. The fourth-order valence-corrected chi connectivity index (χ4v) is 1.60. The van der Waals surface area contributed by atoms with E-state index in [9.17, 15) is 0 Å². The summed E-state index contributed by atoms with van der Waals surface area (Å²) >= 11 is 0. The van der Waals surface area contributed by atoms with Crippen LogP contribution in [0.1, 0.15) is 12.1 Å². The van der Waals surface area contributed by atoms with Crippen LogP contribution in [-0.4, -0.2) is 33.6 Å². The van der Waals surface area contributed by atoms with Gasteiger partial charge < -0.3 is 10.1 Å². The lowest BCUT2D eigenvalue weighted by atomic mass is 10.3. The van der Waals surface area contributed by atoms with Crippen molar-refractivity contribution in [2.24, 2.45) is 0 Å². The Morgan fingerprint density at radius 3 is 3.11 bits per heavy atom. The molecule has 0 aliphatic rings. The summed E-state index contributed by atoms with van der Waals surface area (Å²) in [6.07, 6.45) is 4.56. The van der Waals surface area contributed by atoms with Gasteiger partial charge in [0.25, 0.3) is 0 Å². The summed E-state index contributed by atoms with van der Waals surface area (Å²) in [5, 5.41) is 11.0. The van der Waals surface area contributed by atoms with Gasteiger partial charge >= 0.3 is 0 Å². The minimum atomic E-state index is 0.650. The minimum absolute atomic E-state index is 0.650. The number of pyridine rings is 1. The van der Waals surface area contributed by atoms with E-state index in [1.165, 1.54) is 0 Å². The van der Waals surface area contributed by atoms with Crippen molar-refractivity contribution in [1.82, 2.24) is 25.3 Å². The number of hydrogen-bond donors (Lipinski definition) is 1. The maximum atomic E-state index is 5.07. The quantitative estimate of drug-likeness (QED) is 0.735. The van der Waals surface area contributed by atoms with Crippen LogP contribution in [0, 0.1) is 0 Å². The lowest BCUT2D eigenvalue weighted by Crippen LogP contribution is -2.17. The van der Waals surface area contributed by atoms with E-state index in [2.05, 4.69) is 20.6 Å². The van der Waals surface area contributed by atoms with Crippen LogP contribution in [0.4, 0.5) is 0 Å². The fraction of sp³-hybridized carbons (Fsp3) is 0.417. The van der Waals surface area contributed by atoms with Gasteiger partial charge in [-0.3, -0.25) is 4.68 Å². The Labute approximate surface area is 106 Å². The molecule has 0 saturated carbocycles. The summed E-state index contributed by atoms with van der Waals surface area (Å²) in [5.41, 5.74) is 0.982. The van der Waals surface area contributed by atoms with Crippen molar-refractivity contribution in [3.63, 3.8) is 0 Å². The molecule has 6 nitrogen and oxygen atoms in total. The van der Waals surface area contributed by atoms with Crippen molar-refractivity contribution in [2.45, 2.75) is 19.5 Å². The van der Waals surface area contributed by atoms with Crippen LogP contribution in [0.2, 0.25) is 0 Å². The third kappa shape index (κ3) is 3.81. The molecule has 2 rings (SSSR count). The van der Waals surface area contributed by atoms with Crippen molar-refractivity contribution < 1.29 is 4.74 Å². The number of methoxy groups -OCH3 is 1. The first-order valence-electron chi connectivity index (χ1n) is 5.93. The third-order valence-electron chi connectivity index (χ3n) is 2.51. The van der Waals surface area contributed by atoms with E-state index in [0.717, 1.165) is 31.7 Å². The largest absolute Gasteiger partial charge is 0.481 e. The highest BCUT2D eigenvalue weighted by molar-refractivity contribution is 5.15. The fourth-order valence-electron chi connectivity index (χ4n) is 1.60. The van der Waals surface area contributed by atoms with Crippen LogP contribution in [0.3, 0.4) is 0 Å². The van der Waals surface area contributed by atoms with Crippen molar-refractivity contribution in [1.29, 1.82) is 0 Å². The number of hydrogen-bond acceptors (Lipinski definition) is 5. The second kappa shape index (κ2) is 6.70. The Kier molecular flexibility index (Phi) is 4.66. The van der Waals surface area contributed by atoms with Crippen LogP contribution in [0.15, 0.2) is 30.6 Å². The molecule has 18 heavy (non-hydrogen) atoms. The predicted molar refractivity (Wildman–Crippen MR) is 67.1 cm³/mol. The van der Waals surface area contributed by atoms with E-state index in [4.69, 9.17) is 4.74 Å². The van der Waals surface area contributed by atoms with Crippen LogP contribution in [0.5, 0.6) is 5.88 Å². The standard InChI is InChI=1S/C12H17N5O/c1-18-12-5-2-4-11(15-12)10-13-6-3-8-17-9-7-14-16-17/h2,4-5,7,9,13H,3,6,8,10H2,1H3. The van der Waals surface area contributed by atoms with Gasteiger partial charge in [-0.2, -0.15) is 0 Å². The summed E-state index contributed by atoms with van der Waals surface area (Å²) < 4.78 is 6.90. The molecule has 1 N–H and O–H groups in total. The van der Waals surface area contributed by atoms with Crippen LogP contribution in [0.25, 0.3) is 0 Å². The van der Waals surface area contributed by atoms with Gasteiger partial charge in [0.15, 0.2) is 0 Å². The predicted octanol–water partition coefficient (Wildman–Crippen LogP) is 0.862. The van der Waals surface area contributed by atoms with Gasteiger partial charge in [-0.15, -0.1) is 5.10 Å². The SMILES string of the molecule is COc1cccc(CNCCCn2ccnn2)n1. The summed E-state index contributed by atoms with van der Waals surface area (Å²) in [4.78, 5) is 4.33. The molecule has 0 aliphatic heterocycles. The molecule has 2 heterocycles. The van der Waals surface area contributed by atoms with E-state index in [1.807, 2.05) is 29.1 Å². The van der Waals surface area contributed by atoms with Gasteiger partial charge in [-0.25, -0.2) is 4.98 Å². The Hall–Kier alpha value is -1.95. The Morgan fingerprint density at radius 1 is 1.39 bits per heavy atom. The molecule has 0 bridgehead atoms. The maximum absolute atomic E-state index is 5.07. The topological polar surface area (TPSA) is 64.9 Å². The van der Waals surface area contributed by atoms with Crippen LogP contribution in [-0.2, 0) is 13.1 Å². The molecule has 0 aliphatic carbocycles. The lowest BCUT2D eigenvalue weighted by Gasteiger charge is -2.05. The van der Waals surface area contributed by atoms with Crippen molar-refractivity contribution in [3.8, 4) is 5.88 Å². The summed E-state index contributed by atoms with van der Waals surface area (Å²) in [6, 6.07) is 5.76. The van der Waals surface area contributed by atoms with E-state index in [1.54, 1.807) is 13.3 Å². The molecule has 0 saturated heterocycles. The zero-order valence-corrected chi connectivity index (χ0v) is 10.4. The Morgan fingerprint density at radius 2 is 2.33 bits per heavy atom. The lowest BCUT2D eigenvalue weighted by molar-refractivity contribution is 0.395. The van der Waals surface area contributed by atoms with Crippen molar-refractivity contribution in [2.75, 3.05) is 13.7 Å². The monoisotopic (exact) mass is 247 g/mol. The normalized spacial score (nSPS) is 10.5. The minimum Gasteiger partial charge on any atom is -0.481 e. The maximum Gasteiger partial charge on any atom is 0.213 e. The number of aryl methyl sites for hydroxylation is 1. The average molecular weight is 247 g/mol. The van der Waals surface area contributed by atoms with Crippen LogP contribution < -0.4 is 10.1 Å². The van der Waals surface area contributed by atoms with Gasteiger partial charge in [0.05, 0.1) is 19.0 Å². The summed E-state index contributed by atoms with van der Waals surface area (Å²) in [6.45, 7) is 2.53. The Bertz CT molecular complexity index is 457. The number of ether oxygens (including phenoxy) is 1. The van der Waals surface area contributed by atoms with Gasteiger partial charge in [0.1, 0.15) is 0 Å². The molecule has 0 spiro atoms. The van der Waals surface area contributed by atoms with E-state index < -0.39 is 0 Å². The first kappa shape index (κ1) is 12.5. The number of rotatable bonds is 7. The average Bonchev–Trinajstić information content (AvgIpc) is 2.92. The zero-order valence-electron chi connectivity index (χ0n) is 10.4. The highest BCUT2D eigenvalue weighted by Gasteiger charge is 1.97. The van der Waals surface area contributed by atoms with Gasteiger partial charge in [0.2, 0.25) is 5.88 Å². The highest BCUT2D eigenvalue weighted by Crippen LogP contribution is 2.05. The van der Waals surface area contributed by atoms with Crippen LogP contribution >= 0.6 is 0 Å². The second-order valence-electron chi connectivity index (χ2n) is 3.87. The highest BCUT2D eigenvalue weighted by atomic mass is 16.5. The summed E-state index contributed by atoms with van der Waals surface area (Å²) in [5.74, 6) is 0.650.